The summed E-state index contributed by atoms with van der Waals surface area (Å²) >= 11 is 0. The van der Waals surface area contributed by atoms with Gasteiger partial charge in [0, 0.05) is 5.56 Å². The van der Waals surface area contributed by atoms with Gasteiger partial charge >= 0.3 is 0 Å². The van der Waals surface area contributed by atoms with Crippen LogP contribution in [0, 0.1) is 5.82 Å². The first-order valence-electron chi connectivity index (χ1n) is 4.69. The summed E-state index contributed by atoms with van der Waals surface area (Å²) in [6.45, 7) is 1.78. The summed E-state index contributed by atoms with van der Waals surface area (Å²) in [5, 5.41) is 2.49. The number of carbonyl (C=O) groups excluding carboxylic acids is 2. The number of rotatable bonds is 4. The van der Waals surface area contributed by atoms with E-state index in [1.165, 1.54) is 18.2 Å². The molecule has 80 valence electrons. The molecule has 0 aromatic heterocycles. The third kappa shape index (κ3) is 3.16. The van der Waals surface area contributed by atoms with Gasteiger partial charge in [0.05, 0.1) is 6.04 Å². The predicted octanol–water partition coefficient (Wildman–Crippen LogP) is 1.53. The number of benzene rings is 1. The zero-order valence-electron chi connectivity index (χ0n) is 8.37. The van der Waals surface area contributed by atoms with Gasteiger partial charge in [0.2, 0.25) is 0 Å². The van der Waals surface area contributed by atoms with Gasteiger partial charge in [0.25, 0.3) is 5.91 Å². The molecule has 1 rings (SSSR count). The van der Waals surface area contributed by atoms with Gasteiger partial charge in [-0.2, -0.15) is 0 Å². The molecular weight excluding hydrogens is 197 g/mol. The smallest absolute Gasteiger partial charge is 0.251 e. The molecule has 0 bridgehead atoms. The minimum atomic E-state index is -0.513. The minimum Gasteiger partial charge on any atom is -0.343 e. The van der Waals surface area contributed by atoms with Crippen LogP contribution in [0.2, 0.25) is 0 Å². The van der Waals surface area contributed by atoms with Gasteiger partial charge in [0.15, 0.2) is 0 Å². The first-order chi connectivity index (χ1) is 7.17. The van der Waals surface area contributed by atoms with E-state index in [0.717, 1.165) is 6.07 Å². The van der Waals surface area contributed by atoms with Crippen molar-refractivity contribution < 1.29 is 14.0 Å². The van der Waals surface area contributed by atoms with Crippen LogP contribution in [0.4, 0.5) is 4.39 Å². The van der Waals surface area contributed by atoms with E-state index in [2.05, 4.69) is 5.32 Å². The van der Waals surface area contributed by atoms with E-state index in [-0.39, 0.29) is 5.56 Å². The molecule has 0 aliphatic carbocycles. The zero-order valence-corrected chi connectivity index (χ0v) is 8.37. The SMILES string of the molecule is CCC(C=O)NC(=O)c1cccc(F)c1. The molecule has 1 aromatic rings. The van der Waals surface area contributed by atoms with Crippen molar-refractivity contribution in [3.63, 3.8) is 0 Å². The number of halogens is 1. The van der Waals surface area contributed by atoms with Crippen molar-refractivity contribution in [1.29, 1.82) is 0 Å². The Hall–Kier alpha value is -1.71. The van der Waals surface area contributed by atoms with Crippen LogP contribution in [0.5, 0.6) is 0 Å². The van der Waals surface area contributed by atoms with Crippen LogP contribution in [0.25, 0.3) is 0 Å². The molecular formula is C11H12FNO2. The Labute approximate surface area is 87.3 Å². The number of hydrogen-bond acceptors (Lipinski definition) is 2. The monoisotopic (exact) mass is 209 g/mol. The second-order valence-electron chi connectivity index (χ2n) is 3.13. The molecule has 1 N–H and O–H groups in total. The number of hydrogen-bond donors (Lipinski definition) is 1. The molecule has 0 radical (unpaired) electrons. The van der Waals surface area contributed by atoms with Crippen LogP contribution in [-0.4, -0.2) is 18.2 Å². The Morgan fingerprint density at radius 3 is 2.87 bits per heavy atom. The van der Waals surface area contributed by atoms with Gasteiger partial charge in [-0.1, -0.05) is 13.0 Å². The van der Waals surface area contributed by atoms with Crippen LogP contribution < -0.4 is 5.32 Å². The fourth-order valence-electron chi connectivity index (χ4n) is 1.11. The van der Waals surface area contributed by atoms with Crippen LogP contribution in [0.15, 0.2) is 24.3 Å². The summed E-state index contributed by atoms with van der Waals surface area (Å²) in [6, 6.07) is 4.82. The highest BCUT2D eigenvalue weighted by Gasteiger charge is 2.11. The van der Waals surface area contributed by atoms with E-state index in [1.807, 2.05) is 0 Å². The van der Waals surface area contributed by atoms with E-state index in [4.69, 9.17) is 0 Å². The number of carbonyl (C=O) groups is 2. The van der Waals surface area contributed by atoms with Crippen molar-refractivity contribution >= 4 is 12.2 Å². The predicted molar refractivity (Wildman–Crippen MR) is 54.0 cm³/mol. The fourth-order valence-corrected chi connectivity index (χ4v) is 1.11. The van der Waals surface area contributed by atoms with Crippen molar-refractivity contribution in [2.24, 2.45) is 0 Å². The lowest BCUT2D eigenvalue weighted by atomic mass is 10.2. The number of nitrogens with one attached hydrogen (secondary N) is 1. The average Bonchev–Trinajstić information content (AvgIpc) is 2.25. The summed E-state index contributed by atoms with van der Waals surface area (Å²) in [6.07, 6.45) is 1.18. The molecule has 0 saturated carbocycles. The lowest BCUT2D eigenvalue weighted by Crippen LogP contribution is -2.35. The maximum atomic E-state index is 12.8. The molecule has 0 aliphatic rings. The molecule has 1 atom stereocenters. The molecule has 1 unspecified atom stereocenters. The Balaban J connectivity index is 2.72. The molecule has 0 fully saturated rings. The lowest BCUT2D eigenvalue weighted by Gasteiger charge is -2.09. The van der Waals surface area contributed by atoms with Crippen molar-refractivity contribution in [3.05, 3.63) is 35.6 Å². The van der Waals surface area contributed by atoms with E-state index in [0.29, 0.717) is 12.7 Å². The van der Waals surface area contributed by atoms with Crippen molar-refractivity contribution in [3.8, 4) is 0 Å². The van der Waals surface area contributed by atoms with Crippen LogP contribution in [-0.2, 0) is 4.79 Å². The molecule has 0 spiro atoms. The standard InChI is InChI=1S/C11H12FNO2/c1-2-10(7-14)13-11(15)8-4-3-5-9(12)6-8/h3-7,10H,2H2,1H3,(H,13,15). The first kappa shape index (κ1) is 11.4. The topological polar surface area (TPSA) is 46.2 Å². The fraction of sp³-hybridized carbons (Fsp3) is 0.273. The Bertz CT molecular complexity index is 365. The van der Waals surface area contributed by atoms with E-state index in [9.17, 15) is 14.0 Å². The van der Waals surface area contributed by atoms with Gasteiger partial charge in [-0.15, -0.1) is 0 Å². The highest BCUT2D eigenvalue weighted by atomic mass is 19.1. The summed E-state index contributed by atoms with van der Waals surface area (Å²) < 4.78 is 12.8. The number of amides is 1. The van der Waals surface area contributed by atoms with Crippen LogP contribution in [0.3, 0.4) is 0 Å². The highest BCUT2D eigenvalue weighted by Crippen LogP contribution is 2.03. The molecule has 1 aromatic carbocycles. The first-order valence-corrected chi connectivity index (χ1v) is 4.69. The molecule has 15 heavy (non-hydrogen) atoms. The van der Waals surface area contributed by atoms with Gasteiger partial charge < -0.3 is 10.1 Å². The molecule has 3 nitrogen and oxygen atoms in total. The molecule has 0 saturated heterocycles. The third-order valence-corrected chi connectivity index (χ3v) is 2.01. The van der Waals surface area contributed by atoms with Crippen LogP contribution in [0.1, 0.15) is 23.7 Å². The molecule has 4 heteroatoms. The normalized spacial score (nSPS) is 11.9. The van der Waals surface area contributed by atoms with Crippen LogP contribution >= 0.6 is 0 Å². The lowest BCUT2D eigenvalue weighted by molar-refractivity contribution is -0.109. The Kier molecular flexibility index (Phi) is 3.97. The quantitative estimate of drug-likeness (QED) is 0.764. The molecule has 0 heterocycles. The summed E-state index contributed by atoms with van der Waals surface area (Å²) in [5.74, 6) is -0.907. The molecule has 1 amide bonds. The van der Waals surface area contributed by atoms with E-state index in [1.54, 1.807) is 6.92 Å². The van der Waals surface area contributed by atoms with Crippen molar-refractivity contribution in [2.45, 2.75) is 19.4 Å². The third-order valence-electron chi connectivity index (χ3n) is 2.01. The average molecular weight is 209 g/mol. The maximum Gasteiger partial charge on any atom is 0.251 e. The largest absolute Gasteiger partial charge is 0.343 e. The molecule has 0 aliphatic heterocycles. The minimum absolute atomic E-state index is 0.218. The highest BCUT2D eigenvalue weighted by molar-refractivity contribution is 5.95. The maximum absolute atomic E-state index is 12.8. The second kappa shape index (κ2) is 5.24. The summed E-state index contributed by atoms with van der Waals surface area (Å²) in [7, 11) is 0. The van der Waals surface area contributed by atoms with E-state index >= 15 is 0 Å². The van der Waals surface area contributed by atoms with Gasteiger partial charge in [-0.25, -0.2) is 4.39 Å². The van der Waals surface area contributed by atoms with Crippen molar-refractivity contribution in [1.82, 2.24) is 5.32 Å². The van der Waals surface area contributed by atoms with Gasteiger partial charge in [0.1, 0.15) is 12.1 Å². The van der Waals surface area contributed by atoms with Gasteiger partial charge in [-0.3, -0.25) is 4.79 Å². The Morgan fingerprint density at radius 2 is 2.33 bits per heavy atom. The number of aldehydes is 1. The van der Waals surface area contributed by atoms with Crippen molar-refractivity contribution in [2.75, 3.05) is 0 Å². The van der Waals surface area contributed by atoms with Gasteiger partial charge in [-0.05, 0) is 24.6 Å². The summed E-state index contributed by atoms with van der Waals surface area (Å²) in [4.78, 5) is 22.0. The zero-order chi connectivity index (χ0) is 11.3. The van der Waals surface area contributed by atoms with E-state index < -0.39 is 17.8 Å². The summed E-state index contributed by atoms with van der Waals surface area (Å²) in [5.41, 5.74) is 0.218. The second-order valence-corrected chi connectivity index (χ2v) is 3.13. The Morgan fingerprint density at radius 1 is 1.60 bits per heavy atom.